The van der Waals surface area contributed by atoms with Gasteiger partial charge in [0.25, 0.3) is 5.91 Å². The summed E-state index contributed by atoms with van der Waals surface area (Å²) in [6.07, 6.45) is 1.98. The molecule has 1 fully saturated rings. The summed E-state index contributed by atoms with van der Waals surface area (Å²) in [4.78, 5) is 18.4. The highest BCUT2D eigenvalue weighted by Crippen LogP contribution is 2.30. The minimum Gasteiger partial charge on any atom is -0.349 e. The number of carbonyl (C=O) groups excluding carboxylic acids is 1. The van der Waals surface area contributed by atoms with Crippen LogP contribution in [-0.4, -0.2) is 56.2 Å². The van der Waals surface area contributed by atoms with Crippen LogP contribution in [0.5, 0.6) is 0 Å². The van der Waals surface area contributed by atoms with E-state index in [2.05, 4.69) is 65.6 Å². The summed E-state index contributed by atoms with van der Waals surface area (Å²) >= 11 is 6.31. The molecule has 0 N–H and O–H groups in total. The Kier molecular flexibility index (Phi) is 7.05. The standard InChI is InChI=1S/C32H30ClN5O/c1-35-17-9-16-29(35)28-23-30(38(34-28)27-15-8-14-26(33)22-27)32(39)37-20-18-36(19-21-37)31(24-10-4-2-5-11-24)25-12-6-3-7-13-25/h2-17,22-23,31H,18-21H2,1H3. The normalized spacial score (nSPS) is 14.2. The summed E-state index contributed by atoms with van der Waals surface area (Å²) in [6.45, 7) is 2.82. The van der Waals surface area contributed by atoms with Crippen molar-refractivity contribution in [3.63, 3.8) is 0 Å². The second-order valence-electron chi connectivity index (χ2n) is 9.86. The van der Waals surface area contributed by atoms with Crippen LogP contribution in [0.3, 0.4) is 0 Å². The van der Waals surface area contributed by atoms with Crippen molar-refractivity contribution in [3.05, 3.63) is 131 Å². The van der Waals surface area contributed by atoms with Crippen LogP contribution in [0, 0.1) is 0 Å². The molecule has 1 amide bonds. The van der Waals surface area contributed by atoms with Crippen LogP contribution in [0.1, 0.15) is 27.7 Å². The summed E-state index contributed by atoms with van der Waals surface area (Å²) in [5.41, 5.74) is 5.51. The van der Waals surface area contributed by atoms with Gasteiger partial charge >= 0.3 is 0 Å². The van der Waals surface area contributed by atoms with Crippen molar-refractivity contribution in [1.29, 1.82) is 0 Å². The molecule has 1 aliphatic heterocycles. The van der Waals surface area contributed by atoms with E-state index in [0.717, 1.165) is 30.2 Å². The van der Waals surface area contributed by atoms with Crippen molar-refractivity contribution in [3.8, 4) is 17.1 Å². The van der Waals surface area contributed by atoms with Gasteiger partial charge in [0.2, 0.25) is 0 Å². The van der Waals surface area contributed by atoms with E-state index in [1.54, 1.807) is 4.68 Å². The number of halogens is 1. The Balaban J connectivity index is 1.28. The van der Waals surface area contributed by atoms with Crippen molar-refractivity contribution >= 4 is 17.5 Å². The Morgan fingerprint density at radius 2 is 1.46 bits per heavy atom. The minimum atomic E-state index is -0.0291. The Morgan fingerprint density at radius 1 is 0.795 bits per heavy atom. The first-order valence-corrected chi connectivity index (χ1v) is 13.6. The molecular formula is C32H30ClN5O. The van der Waals surface area contributed by atoms with Gasteiger partial charge in [0.05, 0.1) is 17.4 Å². The van der Waals surface area contributed by atoms with E-state index in [-0.39, 0.29) is 11.9 Å². The summed E-state index contributed by atoms with van der Waals surface area (Å²) in [7, 11) is 1.98. The average molecular weight is 536 g/mol. The first-order chi connectivity index (χ1) is 19.1. The maximum absolute atomic E-state index is 14.0. The number of rotatable bonds is 6. The summed E-state index contributed by atoms with van der Waals surface area (Å²) in [6, 6.07) is 34.7. The maximum atomic E-state index is 14.0. The van der Waals surface area contributed by atoms with E-state index >= 15 is 0 Å². The number of nitrogens with zero attached hydrogens (tertiary/aromatic N) is 5. The van der Waals surface area contributed by atoms with Crippen molar-refractivity contribution in [1.82, 2.24) is 24.1 Å². The first kappa shape index (κ1) is 25.2. The molecule has 0 unspecified atom stereocenters. The predicted octanol–water partition coefficient (Wildman–Crippen LogP) is 6.08. The van der Waals surface area contributed by atoms with E-state index in [1.165, 1.54) is 11.1 Å². The molecule has 7 heteroatoms. The maximum Gasteiger partial charge on any atom is 0.272 e. The number of benzene rings is 3. The van der Waals surface area contributed by atoms with Gasteiger partial charge in [0, 0.05) is 44.4 Å². The first-order valence-electron chi connectivity index (χ1n) is 13.2. The Bertz CT molecular complexity index is 1530. The van der Waals surface area contributed by atoms with E-state index in [9.17, 15) is 4.79 Å². The van der Waals surface area contributed by atoms with Crippen LogP contribution in [0.25, 0.3) is 17.1 Å². The highest BCUT2D eigenvalue weighted by atomic mass is 35.5. The zero-order chi connectivity index (χ0) is 26.8. The van der Waals surface area contributed by atoms with Crippen LogP contribution in [0.15, 0.2) is 109 Å². The fourth-order valence-corrected chi connectivity index (χ4v) is 5.61. The molecule has 0 aliphatic carbocycles. The van der Waals surface area contributed by atoms with Crippen LogP contribution in [0.2, 0.25) is 5.02 Å². The van der Waals surface area contributed by atoms with Crippen molar-refractivity contribution in [2.75, 3.05) is 26.2 Å². The van der Waals surface area contributed by atoms with Gasteiger partial charge in [0.15, 0.2) is 0 Å². The number of hydrogen-bond acceptors (Lipinski definition) is 3. The summed E-state index contributed by atoms with van der Waals surface area (Å²) in [5.74, 6) is -0.0291. The van der Waals surface area contributed by atoms with Crippen molar-refractivity contribution < 1.29 is 4.79 Å². The SMILES string of the molecule is Cn1cccc1-c1cc(C(=O)N2CCN(C(c3ccccc3)c3ccccc3)CC2)n(-c2cccc(Cl)c2)n1. The van der Waals surface area contributed by atoms with Gasteiger partial charge in [-0.3, -0.25) is 9.69 Å². The van der Waals surface area contributed by atoms with E-state index in [1.807, 2.05) is 65.2 Å². The fraction of sp³-hybridized carbons (Fsp3) is 0.188. The zero-order valence-electron chi connectivity index (χ0n) is 21.8. The van der Waals surface area contributed by atoms with Crippen molar-refractivity contribution in [2.24, 2.45) is 7.05 Å². The van der Waals surface area contributed by atoms with Gasteiger partial charge in [-0.2, -0.15) is 5.10 Å². The number of aromatic nitrogens is 3. The van der Waals surface area contributed by atoms with Gasteiger partial charge < -0.3 is 9.47 Å². The highest BCUT2D eigenvalue weighted by molar-refractivity contribution is 6.30. The lowest BCUT2D eigenvalue weighted by Gasteiger charge is -2.39. The second kappa shape index (κ2) is 10.9. The number of carbonyl (C=O) groups is 1. The largest absolute Gasteiger partial charge is 0.349 e. The molecule has 0 atom stereocenters. The van der Waals surface area contributed by atoms with Crippen molar-refractivity contribution in [2.45, 2.75) is 6.04 Å². The Morgan fingerprint density at radius 3 is 2.05 bits per heavy atom. The molecule has 1 saturated heterocycles. The lowest BCUT2D eigenvalue weighted by atomic mass is 9.96. The Hall–Kier alpha value is -4.13. The number of aryl methyl sites for hydroxylation is 1. The van der Waals surface area contributed by atoms with Crippen LogP contribution in [-0.2, 0) is 7.05 Å². The van der Waals surface area contributed by atoms with Gasteiger partial charge in [-0.05, 0) is 47.5 Å². The van der Waals surface area contributed by atoms with Crippen LogP contribution in [0.4, 0.5) is 0 Å². The number of piperazine rings is 1. The van der Waals surface area contributed by atoms with E-state index < -0.39 is 0 Å². The molecule has 6 nitrogen and oxygen atoms in total. The fourth-order valence-electron chi connectivity index (χ4n) is 5.42. The molecule has 0 saturated carbocycles. The topological polar surface area (TPSA) is 46.3 Å². The molecular weight excluding hydrogens is 506 g/mol. The molecule has 0 bridgehead atoms. The molecule has 0 radical (unpaired) electrons. The molecule has 0 spiro atoms. The van der Waals surface area contributed by atoms with E-state index in [0.29, 0.717) is 23.8 Å². The summed E-state index contributed by atoms with van der Waals surface area (Å²) < 4.78 is 3.73. The van der Waals surface area contributed by atoms with Crippen LogP contribution < -0.4 is 0 Å². The zero-order valence-corrected chi connectivity index (χ0v) is 22.6. The third-order valence-electron chi connectivity index (χ3n) is 7.38. The third-order valence-corrected chi connectivity index (χ3v) is 7.62. The molecule has 3 aromatic carbocycles. The Labute approximate surface area is 233 Å². The third kappa shape index (κ3) is 5.13. The highest BCUT2D eigenvalue weighted by Gasteiger charge is 2.30. The second-order valence-corrected chi connectivity index (χ2v) is 10.3. The number of hydrogen-bond donors (Lipinski definition) is 0. The van der Waals surface area contributed by atoms with Gasteiger partial charge in [-0.1, -0.05) is 78.3 Å². The van der Waals surface area contributed by atoms with Crippen LogP contribution >= 0.6 is 11.6 Å². The smallest absolute Gasteiger partial charge is 0.272 e. The van der Waals surface area contributed by atoms with E-state index in [4.69, 9.17) is 16.7 Å². The molecule has 5 aromatic rings. The molecule has 1 aliphatic rings. The summed E-state index contributed by atoms with van der Waals surface area (Å²) in [5, 5.41) is 5.44. The van der Waals surface area contributed by atoms with Gasteiger partial charge in [0.1, 0.15) is 11.4 Å². The molecule has 3 heterocycles. The lowest BCUT2D eigenvalue weighted by molar-refractivity contribution is 0.0589. The molecule has 2 aromatic heterocycles. The molecule has 196 valence electrons. The number of amides is 1. The predicted molar refractivity (Wildman–Crippen MR) is 155 cm³/mol. The molecule has 6 rings (SSSR count). The quantitative estimate of drug-likeness (QED) is 0.265. The van der Waals surface area contributed by atoms with Gasteiger partial charge in [-0.25, -0.2) is 4.68 Å². The molecule has 39 heavy (non-hydrogen) atoms. The average Bonchev–Trinajstić information content (AvgIpc) is 3.61. The monoisotopic (exact) mass is 535 g/mol. The lowest BCUT2D eigenvalue weighted by Crippen LogP contribution is -2.50. The van der Waals surface area contributed by atoms with Gasteiger partial charge in [-0.15, -0.1) is 0 Å². The minimum absolute atomic E-state index is 0.0291.